The summed E-state index contributed by atoms with van der Waals surface area (Å²) in [6.45, 7) is 3.64. The zero-order chi connectivity index (χ0) is 17.9. The molecule has 1 fully saturated rings. The Morgan fingerprint density at radius 1 is 1.23 bits per heavy atom. The van der Waals surface area contributed by atoms with Crippen LogP contribution in [-0.4, -0.2) is 51.8 Å². The zero-order valence-electron chi connectivity index (χ0n) is 15.1. The molecule has 1 saturated carbocycles. The summed E-state index contributed by atoms with van der Waals surface area (Å²) in [6, 6.07) is 7.33. The van der Waals surface area contributed by atoms with Gasteiger partial charge in [0.15, 0.2) is 5.96 Å². The van der Waals surface area contributed by atoms with E-state index in [2.05, 4.69) is 36.9 Å². The maximum absolute atomic E-state index is 12.0. The van der Waals surface area contributed by atoms with Crippen molar-refractivity contribution in [3.8, 4) is 0 Å². The van der Waals surface area contributed by atoms with Crippen LogP contribution in [-0.2, 0) is 4.74 Å². The summed E-state index contributed by atoms with van der Waals surface area (Å²) >= 11 is 3.37. The lowest BCUT2D eigenvalue weighted by molar-refractivity contribution is 0.0954. The van der Waals surface area contributed by atoms with Crippen LogP contribution in [0, 0.1) is 5.92 Å². The van der Waals surface area contributed by atoms with Crippen molar-refractivity contribution >= 4 is 51.8 Å². The Hall–Kier alpha value is -0.870. The average molecular weight is 539 g/mol. The monoisotopic (exact) mass is 538 g/mol. The third-order valence-corrected chi connectivity index (χ3v) is 4.32. The normalized spacial score (nSPS) is 13.7. The van der Waals surface area contributed by atoms with E-state index in [1.165, 1.54) is 12.8 Å². The van der Waals surface area contributed by atoms with Gasteiger partial charge in [0.1, 0.15) is 0 Å². The van der Waals surface area contributed by atoms with E-state index in [4.69, 9.17) is 4.74 Å². The first-order valence-electron chi connectivity index (χ1n) is 8.75. The highest BCUT2D eigenvalue weighted by Gasteiger charge is 2.20. The Bertz CT molecular complexity index is 582. The van der Waals surface area contributed by atoms with E-state index in [-0.39, 0.29) is 29.9 Å². The first-order chi connectivity index (χ1) is 12.2. The lowest BCUT2D eigenvalue weighted by atomic mass is 10.2. The van der Waals surface area contributed by atoms with Crippen molar-refractivity contribution in [2.75, 3.05) is 39.9 Å². The van der Waals surface area contributed by atoms with Crippen LogP contribution in [0.25, 0.3) is 0 Å². The molecule has 0 spiro atoms. The number of amides is 1. The van der Waals surface area contributed by atoms with E-state index < -0.39 is 0 Å². The van der Waals surface area contributed by atoms with Crippen LogP contribution >= 0.6 is 39.9 Å². The van der Waals surface area contributed by atoms with Crippen LogP contribution in [0.3, 0.4) is 0 Å². The number of carbonyl (C=O) groups is 1. The van der Waals surface area contributed by atoms with Gasteiger partial charge in [-0.3, -0.25) is 9.79 Å². The molecular formula is C18H28BrIN4O2. The summed E-state index contributed by atoms with van der Waals surface area (Å²) in [4.78, 5) is 16.2. The van der Waals surface area contributed by atoms with Crippen LogP contribution in [0.2, 0.25) is 0 Å². The van der Waals surface area contributed by atoms with E-state index in [1.54, 1.807) is 19.2 Å². The van der Waals surface area contributed by atoms with Crippen molar-refractivity contribution in [1.82, 2.24) is 16.0 Å². The largest absolute Gasteiger partial charge is 0.381 e. The molecule has 26 heavy (non-hydrogen) atoms. The summed E-state index contributed by atoms with van der Waals surface area (Å²) in [5.41, 5.74) is 0.642. The standard InChI is InChI=1S/C18H27BrN4O2.HI/c1-20-18(22-8-3-11-25-13-14-6-7-14)23-10-9-21-17(24)15-4-2-5-16(19)12-15;/h2,4-5,12,14H,3,6-11,13H2,1H3,(H,21,24)(H2,20,22,23);1H. The predicted octanol–water partition coefficient (Wildman–Crippen LogP) is 2.78. The summed E-state index contributed by atoms with van der Waals surface area (Å²) < 4.78 is 6.49. The number of ether oxygens (including phenoxy) is 1. The topological polar surface area (TPSA) is 74.8 Å². The summed E-state index contributed by atoms with van der Waals surface area (Å²) in [7, 11) is 1.74. The molecule has 0 radical (unpaired) electrons. The van der Waals surface area contributed by atoms with Gasteiger partial charge in [-0.05, 0) is 43.4 Å². The van der Waals surface area contributed by atoms with Gasteiger partial charge in [0, 0.05) is 49.9 Å². The molecule has 0 aromatic heterocycles. The molecule has 8 heteroatoms. The Labute approximate surface area is 181 Å². The Morgan fingerprint density at radius 3 is 2.65 bits per heavy atom. The van der Waals surface area contributed by atoms with Crippen molar-refractivity contribution < 1.29 is 9.53 Å². The maximum Gasteiger partial charge on any atom is 0.251 e. The van der Waals surface area contributed by atoms with Gasteiger partial charge in [-0.1, -0.05) is 22.0 Å². The second kappa shape index (κ2) is 13.3. The van der Waals surface area contributed by atoms with Crippen molar-refractivity contribution in [2.24, 2.45) is 10.9 Å². The first-order valence-corrected chi connectivity index (χ1v) is 9.54. The third kappa shape index (κ3) is 9.72. The highest BCUT2D eigenvalue weighted by atomic mass is 127. The van der Waals surface area contributed by atoms with Crippen molar-refractivity contribution in [3.63, 3.8) is 0 Å². The molecule has 146 valence electrons. The van der Waals surface area contributed by atoms with Gasteiger partial charge in [-0.25, -0.2) is 0 Å². The SMILES string of the molecule is CN=C(NCCCOCC1CC1)NCCNC(=O)c1cccc(Br)c1.I. The van der Waals surface area contributed by atoms with Gasteiger partial charge in [-0.2, -0.15) is 0 Å². The van der Waals surface area contributed by atoms with Gasteiger partial charge in [0.05, 0.1) is 0 Å². The molecule has 2 rings (SSSR count). The van der Waals surface area contributed by atoms with Crippen LogP contribution in [0.15, 0.2) is 33.7 Å². The molecule has 1 aliphatic carbocycles. The quantitative estimate of drug-likeness (QED) is 0.185. The van der Waals surface area contributed by atoms with Crippen molar-refractivity contribution in [2.45, 2.75) is 19.3 Å². The van der Waals surface area contributed by atoms with E-state index in [9.17, 15) is 4.79 Å². The predicted molar refractivity (Wildman–Crippen MR) is 119 cm³/mol. The number of guanidine groups is 1. The van der Waals surface area contributed by atoms with Crippen LogP contribution in [0.5, 0.6) is 0 Å². The Balaban J connectivity index is 0.00000338. The molecule has 1 aromatic carbocycles. The molecule has 6 nitrogen and oxygen atoms in total. The highest BCUT2D eigenvalue weighted by molar-refractivity contribution is 14.0. The molecule has 0 atom stereocenters. The molecule has 0 saturated heterocycles. The first kappa shape index (κ1) is 23.2. The number of hydrogen-bond donors (Lipinski definition) is 3. The van der Waals surface area contributed by atoms with Gasteiger partial charge in [0.2, 0.25) is 0 Å². The second-order valence-corrected chi connectivity index (χ2v) is 6.98. The molecule has 3 N–H and O–H groups in total. The number of carbonyl (C=O) groups excluding carboxylic acids is 1. The smallest absolute Gasteiger partial charge is 0.251 e. The number of nitrogens with zero attached hydrogens (tertiary/aromatic N) is 1. The van der Waals surface area contributed by atoms with E-state index in [1.807, 2.05) is 12.1 Å². The van der Waals surface area contributed by atoms with Crippen LogP contribution in [0.4, 0.5) is 0 Å². The minimum absolute atomic E-state index is 0. The summed E-state index contributed by atoms with van der Waals surface area (Å²) in [5.74, 6) is 1.47. The number of halogens is 2. The summed E-state index contributed by atoms with van der Waals surface area (Å²) in [6.07, 6.45) is 3.60. The number of rotatable bonds is 10. The fraction of sp³-hybridized carbons (Fsp3) is 0.556. The molecule has 0 heterocycles. The molecule has 0 unspecified atom stereocenters. The number of nitrogens with one attached hydrogen (secondary N) is 3. The highest BCUT2D eigenvalue weighted by Crippen LogP contribution is 2.28. The lowest BCUT2D eigenvalue weighted by Crippen LogP contribution is -2.42. The number of aliphatic imine (C=N–C) groups is 1. The molecule has 0 bridgehead atoms. The molecule has 1 amide bonds. The van der Waals surface area contributed by atoms with E-state index in [0.29, 0.717) is 18.7 Å². The van der Waals surface area contributed by atoms with Gasteiger partial charge in [-0.15, -0.1) is 24.0 Å². The Morgan fingerprint density at radius 2 is 1.96 bits per heavy atom. The van der Waals surface area contributed by atoms with Crippen LogP contribution < -0.4 is 16.0 Å². The molecule has 1 aromatic rings. The van der Waals surface area contributed by atoms with Gasteiger partial charge >= 0.3 is 0 Å². The number of benzene rings is 1. The van der Waals surface area contributed by atoms with Gasteiger partial charge in [0.25, 0.3) is 5.91 Å². The Kier molecular flexibility index (Phi) is 11.9. The fourth-order valence-electron chi connectivity index (χ4n) is 2.22. The maximum atomic E-state index is 12.0. The van der Waals surface area contributed by atoms with Crippen molar-refractivity contribution in [3.05, 3.63) is 34.3 Å². The molecular weight excluding hydrogens is 511 g/mol. The minimum Gasteiger partial charge on any atom is -0.381 e. The third-order valence-electron chi connectivity index (χ3n) is 3.82. The lowest BCUT2D eigenvalue weighted by Gasteiger charge is -2.12. The molecule has 1 aliphatic rings. The van der Waals surface area contributed by atoms with Crippen molar-refractivity contribution in [1.29, 1.82) is 0 Å². The average Bonchev–Trinajstić information content (AvgIpc) is 3.43. The zero-order valence-corrected chi connectivity index (χ0v) is 19.0. The molecule has 0 aliphatic heterocycles. The second-order valence-electron chi connectivity index (χ2n) is 6.06. The fourth-order valence-corrected chi connectivity index (χ4v) is 2.62. The van der Waals surface area contributed by atoms with E-state index in [0.717, 1.165) is 42.5 Å². The summed E-state index contributed by atoms with van der Waals surface area (Å²) in [5, 5.41) is 9.30. The van der Waals surface area contributed by atoms with E-state index >= 15 is 0 Å². The number of hydrogen-bond acceptors (Lipinski definition) is 3. The minimum atomic E-state index is -0.0844. The van der Waals surface area contributed by atoms with Crippen LogP contribution in [0.1, 0.15) is 29.6 Å². The van der Waals surface area contributed by atoms with Gasteiger partial charge < -0.3 is 20.7 Å².